The van der Waals surface area contributed by atoms with E-state index in [-0.39, 0.29) is 11.2 Å². The van der Waals surface area contributed by atoms with Crippen molar-refractivity contribution in [3.63, 3.8) is 0 Å². The third kappa shape index (κ3) is 2.93. The van der Waals surface area contributed by atoms with Gasteiger partial charge in [-0.25, -0.2) is 4.79 Å². The van der Waals surface area contributed by atoms with Gasteiger partial charge >= 0.3 is 5.69 Å². The fourth-order valence-electron chi connectivity index (χ4n) is 3.24. The van der Waals surface area contributed by atoms with Gasteiger partial charge in [0.2, 0.25) is 0 Å². The molecule has 2 aromatic carbocycles. The van der Waals surface area contributed by atoms with Crippen LogP contribution in [0.4, 0.5) is 0 Å². The van der Waals surface area contributed by atoms with Gasteiger partial charge < -0.3 is 4.57 Å². The molecule has 0 radical (unpaired) electrons. The summed E-state index contributed by atoms with van der Waals surface area (Å²) in [5.74, 6) is 0. The van der Waals surface area contributed by atoms with Crippen LogP contribution in [-0.2, 0) is 14.1 Å². The zero-order chi connectivity index (χ0) is 19.3. The second-order valence-electron chi connectivity index (χ2n) is 6.30. The smallest absolute Gasteiger partial charge is 0.314 e. The van der Waals surface area contributed by atoms with E-state index in [2.05, 4.69) is 22.6 Å². The second-order valence-corrected chi connectivity index (χ2v) is 7.98. The van der Waals surface area contributed by atoms with Gasteiger partial charge in [0.25, 0.3) is 5.56 Å². The van der Waals surface area contributed by atoms with E-state index in [1.807, 2.05) is 47.2 Å². The van der Waals surface area contributed by atoms with Crippen LogP contribution in [0.15, 0.2) is 64.3 Å². The summed E-state index contributed by atoms with van der Waals surface area (Å²) < 4.78 is 5.70. The summed E-state index contributed by atoms with van der Waals surface area (Å²) in [4.78, 5) is 25.4. The lowest BCUT2D eigenvalue weighted by Gasteiger charge is -2.10. The Hall–Kier alpha value is -2.32. The molecule has 0 aliphatic rings. The Balaban J connectivity index is 2.18. The van der Waals surface area contributed by atoms with Gasteiger partial charge in [0.15, 0.2) is 0 Å². The molecule has 4 aromatic rings. The average Bonchev–Trinajstić information content (AvgIpc) is 3.06. The predicted molar refractivity (Wildman–Crippen MR) is 117 cm³/mol. The largest absolute Gasteiger partial charge is 0.330 e. The first-order valence-electron chi connectivity index (χ1n) is 8.21. The summed E-state index contributed by atoms with van der Waals surface area (Å²) in [7, 11) is 3.17. The molecule has 136 valence electrons. The van der Waals surface area contributed by atoms with Crippen molar-refractivity contribution in [2.24, 2.45) is 14.1 Å². The van der Waals surface area contributed by atoms with Crippen molar-refractivity contribution < 1.29 is 0 Å². The van der Waals surface area contributed by atoms with Crippen molar-refractivity contribution in [1.82, 2.24) is 13.7 Å². The molecule has 0 N–H and O–H groups in total. The number of aromatic nitrogens is 3. The maximum Gasteiger partial charge on any atom is 0.330 e. The van der Waals surface area contributed by atoms with Gasteiger partial charge in [0.05, 0.1) is 16.6 Å². The average molecular weight is 492 g/mol. The molecular weight excluding hydrogens is 477 g/mol. The molecule has 2 aromatic heterocycles. The number of benzene rings is 2. The molecule has 4 rings (SSSR count). The fraction of sp³-hybridized carbons (Fsp3) is 0.100. The lowest BCUT2D eigenvalue weighted by atomic mass is 10.1. The van der Waals surface area contributed by atoms with Crippen molar-refractivity contribution in [1.29, 1.82) is 0 Å². The highest BCUT2D eigenvalue weighted by Gasteiger charge is 2.20. The molecule has 0 saturated heterocycles. The number of fused-ring (bicyclic) bond motifs is 1. The highest BCUT2D eigenvalue weighted by molar-refractivity contribution is 14.1. The quantitative estimate of drug-likeness (QED) is 0.399. The highest BCUT2D eigenvalue weighted by atomic mass is 127. The number of rotatable bonds is 2. The van der Waals surface area contributed by atoms with Crippen LogP contribution in [0.1, 0.15) is 0 Å². The van der Waals surface area contributed by atoms with Crippen LogP contribution in [0, 0.1) is 3.57 Å². The predicted octanol–water partition coefficient (Wildman–Crippen LogP) is 3.95. The first kappa shape index (κ1) is 18.1. The number of hydrogen-bond donors (Lipinski definition) is 0. The van der Waals surface area contributed by atoms with Crippen LogP contribution in [0.2, 0.25) is 5.02 Å². The SMILES string of the molecule is Cn1c(=O)c2c(-c3ccc(Cl)cc3)n(-c3ccc(I)cc3)cc2n(C)c1=O. The molecule has 0 saturated carbocycles. The van der Waals surface area contributed by atoms with Crippen molar-refractivity contribution in [2.45, 2.75) is 0 Å². The molecule has 0 spiro atoms. The molecule has 5 nitrogen and oxygen atoms in total. The number of halogens is 2. The Morgan fingerprint density at radius 1 is 0.889 bits per heavy atom. The van der Waals surface area contributed by atoms with E-state index >= 15 is 0 Å². The van der Waals surface area contributed by atoms with Crippen LogP contribution >= 0.6 is 34.2 Å². The van der Waals surface area contributed by atoms with Gasteiger partial charge in [0.1, 0.15) is 0 Å². The van der Waals surface area contributed by atoms with E-state index in [0.717, 1.165) is 25.1 Å². The third-order valence-corrected chi connectivity index (χ3v) is 5.63. The molecule has 0 fully saturated rings. The standard InChI is InChI=1S/C20H15ClIN3O2/c1-23-16-11-25(15-9-7-14(22)8-10-15)18(12-3-5-13(21)6-4-12)17(16)19(26)24(2)20(23)27/h3-11H,1-2H3. The summed E-state index contributed by atoms with van der Waals surface area (Å²) in [6.45, 7) is 0. The number of aryl methyl sites for hydroxylation is 1. The minimum atomic E-state index is -0.352. The summed E-state index contributed by atoms with van der Waals surface area (Å²) >= 11 is 8.30. The van der Waals surface area contributed by atoms with Gasteiger partial charge in [-0.2, -0.15) is 0 Å². The summed E-state index contributed by atoms with van der Waals surface area (Å²) in [5.41, 5.74) is 2.41. The van der Waals surface area contributed by atoms with Gasteiger partial charge in [0, 0.05) is 34.6 Å². The first-order chi connectivity index (χ1) is 12.9. The Labute approximate surface area is 173 Å². The maximum absolute atomic E-state index is 13.0. The molecule has 0 atom stereocenters. The van der Waals surface area contributed by atoms with E-state index in [1.54, 1.807) is 19.2 Å². The molecule has 0 unspecified atom stereocenters. The summed E-state index contributed by atoms with van der Waals surface area (Å²) in [6.07, 6.45) is 1.84. The minimum absolute atomic E-state index is 0.317. The Kier molecular flexibility index (Phi) is 4.47. The zero-order valence-corrected chi connectivity index (χ0v) is 17.5. The van der Waals surface area contributed by atoms with Crippen LogP contribution < -0.4 is 11.2 Å². The molecular formula is C20H15ClIN3O2. The van der Waals surface area contributed by atoms with Gasteiger partial charge in [-0.15, -0.1) is 0 Å². The third-order valence-electron chi connectivity index (χ3n) is 4.66. The molecule has 0 aliphatic carbocycles. The normalized spacial score (nSPS) is 11.3. The maximum atomic E-state index is 13.0. The van der Waals surface area contributed by atoms with Crippen molar-refractivity contribution in [2.75, 3.05) is 0 Å². The van der Waals surface area contributed by atoms with Gasteiger partial charge in [-0.3, -0.25) is 13.9 Å². The van der Waals surface area contributed by atoms with Crippen LogP contribution in [0.3, 0.4) is 0 Å². The Morgan fingerprint density at radius 3 is 2.15 bits per heavy atom. The molecule has 2 heterocycles. The van der Waals surface area contributed by atoms with Crippen molar-refractivity contribution in [3.05, 3.63) is 84.2 Å². The van der Waals surface area contributed by atoms with Crippen molar-refractivity contribution >= 4 is 45.1 Å². The fourth-order valence-corrected chi connectivity index (χ4v) is 3.72. The molecule has 0 amide bonds. The lowest BCUT2D eigenvalue weighted by Crippen LogP contribution is -2.36. The van der Waals surface area contributed by atoms with Gasteiger partial charge in [-0.05, 0) is 64.6 Å². The van der Waals surface area contributed by atoms with E-state index in [1.165, 1.54) is 11.6 Å². The topological polar surface area (TPSA) is 48.9 Å². The van der Waals surface area contributed by atoms with E-state index in [4.69, 9.17) is 11.6 Å². The van der Waals surface area contributed by atoms with E-state index in [0.29, 0.717) is 15.9 Å². The van der Waals surface area contributed by atoms with Crippen LogP contribution in [0.25, 0.3) is 27.8 Å². The molecule has 0 aliphatic heterocycles. The number of hydrogen-bond acceptors (Lipinski definition) is 2. The van der Waals surface area contributed by atoms with Gasteiger partial charge in [-0.1, -0.05) is 23.7 Å². The van der Waals surface area contributed by atoms with Crippen LogP contribution in [0.5, 0.6) is 0 Å². The number of nitrogens with zero attached hydrogens (tertiary/aromatic N) is 3. The molecule has 27 heavy (non-hydrogen) atoms. The van der Waals surface area contributed by atoms with Crippen LogP contribution in [-0.4, -0.2) is 13.7 Å². The zero-order valence-electron chi connectivity index (χ0n) is 14.6. The summed E-state index contributed by atoms with van der Waals surface area (Å²) in [5, 5.41) is 1.12. The van der Waals surface area contributed by atoms with Crippen molar-refractivity contribution in [3.8, 4) is 16.9 Å². The molecule has 7 heteroatoms. The molecule has 0 bridgehead atoms. The first-order valence-corrected chi connectivity index (χ1v) is 9.67. The van der Waals surface area contributed by atoms with E-state index in [9.17, 15) is 9.59 Å². The second kappa shape index (κ2) is 6.69. The highest BCUT2D eigenvalue weighted by Crippen LogP contribution is 2.31. The Morgan fingerprint density at radius 2 is 1.52 bits per heavy atom. The lowest BCUT2D eigenvalue weighted by molar-refractivity contribution is 0.714. The summed E-state index contributed by atoms with van der Waals surface area (Å²) in [6, 6.07) is 15.3. The minimum Gasteiger partial charge on any atom is -0.314 e. The Bertz CT molecular complexity index is 1280. The monoisotopic (exact) mass is 491 g/mol. The van der Waals surface area contributed by atoms with E-state index < -0.39 is 0 Å².